The van der Waals surface area contributed by atoms with Crippen LogP contribution >= 0.6 is 352 Å². The monoisotopic (exact) mass is 1410 g/mol. The molecule has 0 aliphatic heterocycles. The highest BCUT2D eigenvalue weighted by atomic mass is 33.5. The quantitative estimate of drug-likeness (QED) is 0.101. The van der Waals surface area contributed by atoms with Gasteiger partial charge in [0, 0.05) is 0 Å². The molecule has 0 aliphatic rings. The molecule has 0 radical (unpaired) electrons. The normalized spacial score (nSPS) is 16.7. The molecule has 0 rings (SSSR count). The van der Waals surface area contributed by atoms with Crippen molar-refractivity contribution in [1.82, 2.24) is 0 Å². The van der Waals surface area contributed by atoms with Crippen molar-refractivity contribution in [3.8, 4) is 0 Å². The van der Waals surface area contributed by atoms with Gasteiger partial charge in [0.15, 0.2) is 0 Å². The zero-order chi connectivity index (χ0) is 35.0. The van der Waals surface area contributed by atoms with Crippen LogP contribution in [0.5, 0.6) is 0 Å². The summed E-state index contributed by atoms with van der Waals surface area (Å²) in [7, 11) is 76.9. The number of hydrogen-bond acceptors (Lipinski definition) is 0. The Morgan fingerprint density at radius 1 is 0.250 bits per heavy atom. The van der Waals surface area contributed by atoms with Crippen molar-refractivity contribution in [2.24, 2.45) is 0 Å². The molecular formula is H46P44. The van der Waals surface area contributed by atoms with Crippen molar-refractivity contribution in [3.05, 3.63) is 0 Å². The third kappa shape index (κ3) is 23.3. The lowest BCUT2D eigenvalue weighted by Gasteiger charge is -2.53. The first-order chi connectivity index (χ1) is 20.1. The summed E-state index contributed by atoms with van der Waals surface area (Å²) >= 11 is 0. The molecule has 0 nitrogen and oxygen atoms in total. The lowest BCUT2D eigenvalue weighted by atomic mass is 28.5. The maximum Gasteiger partial charge on any atom is -0.000963 e. The van der Waals surface area contributed by atoms with Crippen LogP contribution in [0.2, 0.25) is 0 Å². The highest BCUT2D eigenvalue weighted by Gasteiger charge is 2.51. The van der Waals surface area contributed by atoms with Gasteiger partial charge in [-0.2, -0.15) is 0 Å². The molecular weight excluding hydrogens is 1360 g/mol. The van der Waals surface area contributed by atoms with Gasteiger partial charge in [0.25, 0.3) is 0 Å². The molecule has 44 heteroatoms. The smallest absolute Gasteiger partial charge is 0.000963 e. The van der Waals surface area contributed by atoms with Gasteiger partial charge in [-0.25, -0.2) is 0 Å². The van der Waals surface area contributed by atoms with Gasteiger partial charge in [-0.1, -0.05) is 7.96 Å². The fourth-order valence-electron chi connectivity index (χ4n) is 2.45. The van der Waals surface area contributed by atoms with Crippen molar-refractivity contribution < 1.29 is 0 Å². The van der Waals surface area contributed by atoms with E-state index in [1.165, 1.54) is 7.96 Å². The van der Waals surface area contributed by atoms with Crippen molar-refractivity contribution in [2.45, 2.75) is 0 Å². The van der Waals surface area contributed by atoms with Crippen LogP contribution in [0.3, 0.4) is 0 Å². The Hall–Kier alpha value is 18.9. The number of hydrogen-bond donors (Lipinski definition) is 0. The maximum absolute atomic E-state index is 3.58. The Kier molecular flexibility index (Phi) is 50.2. The zero-order valence-corrected chi connectivity index (χ0v) is 67.9. The molecule has 0 bridgehead atoms. The van der Waals surface area contributed by atoms with Crippen LogP contribution in [0.15, 0.2) is 0 Å². The van der Waals surface area contributed by atoms with Gasteiger partial charge >= 0.3 is 0 Å². The van der Waals surface area contributed by atoms with Gasteiger partial charge in [-0.15, -0.1) is 196 Å². The first-order valence-corrected chi connectivity index (χ1v) is 89.8. The minimum Gasteiger partial charge on any atom is -0.109 e. The van der Waals surface area contributed by atoms with Crippen molar-refractivity contribution in [2.75, 3.05) is 0 Å². The maximum atomic E-state index is 3.58. The van der Waals surface area contributed by atoms with E-state index in [1.54, 1.807) is 0 Å². The summed E-state index contributed by atoms with van der Waals surface area (Å²) in [6.07, 6.45) is 0. The fourth-order valence-corrected chi connectivity index (χ4v) is 596. The third-order valence-electron chi connectivity index (χ3n) is 3.73. The average molecular weight is 1410 g/mol. The largest absolute Gasteiger partial charge is 0.109 e. The number of rotatable bonds is 21. The van der Waals surface area contributed by atoms with Gasteiger partial charge in [-0.05, 0) is 148 Å². The second-order valence-corrected chi connectivity index (χ2v) is 184. The molecule has 0 saturated carbocycles. The summed E-state index contributed by atoms with van der Waals surface area (Å²) < 4.78 is 0. The first-order valence-electron chi connectivity index (χ1n) is 9.98. The molecule has 0 N–H and O–H groups in total. The zero-order valence-electron chi connectivity index (χ0n) is 22.6. The minimum atomic E-state index is -0.120. The third-order valence-corrected chi connectivity index (χ3v) is 302. The Morgan fingerprint density at radius 2 is 0.455 bits per heavy atom. The van der Waals surface area contributed by atoms with E-state index < -0.39 is 0 Å². The molecule has 0 spiro atoms. The molecule has 0 aromatic rings. The molecule has 44 heavy (non-hydrogen) atoms. The van der Waals surface area contributed by atoms with Gasteiger partial charge in [0.1, 0.15) is 0 Å². The van der Waals surface area contributed by atoms with E-state index in [0.29, 0.717) is 0 Å². The highest BCUT2D eigenvalue weighted by molar-refractivity contribution is 9.45. The molecule has 0 heterocycles. The van der Waals surface area contributed by atoms with Gasteiger partial charge < -0.3 is 0 Å². The second-order valence-electron chi connectivity index (χ2n) is 6.83. The molecule has 0 aliphatic carbocycles. The second kappa shape index (κ2) is 35.1. The van der Waals surface area contributed by atoms with Crippen LogP contribution < -0.4 is 0 Å². The molecule has 27 atom stereocenters. The molecule has 0 aromatic carbocycles. The molecule has 0 fully saturated rings. The van der Waals surface area contributed by atoms with Crippen molar-refractivity contribution >= 4 is 352 Å². The summed E-state index contributed by atoms with van der Waals surface area (Å²) in [6.45, 7) is -1.34. The van der Waals surface area contributed by atoms with Crippen molar-refractivity contribution in [1.29, 1.82) is 0 Å². The summed E-state index contributed by atoms with van der Waals surface area (Å²) in [6, 6.07) is 0. The fraction of sp³-hybridized carbons (Fsp3) is 0. The SMILES string of the molecule is PPP(P)P(P(PP(P(P(P)P)P(P)P)P(P(P)P)P(P)P)P(P(P(P)P)P(P)P)P(P(P)P)P(P)P)P(P(P)P)P(P)P. The molecule has 0 saturated heterocycles. The van der Waals surface area contributed by atoms with E-state index in [-0.39, 0.29) is 140 Å². The van der Waals surface area contributed by atoms with Crippen LogP contribution in [0, 0.1) is 0 Å². The summed E-state index contributed by atoms with van der Waals surface area (Å²) in [5.74, 6) is 0. The Morgan fingerprint density at radius 3 is 0.659 bits per heavy atom. The summed E-state index contributed by atoms with van der Waals surface area (Å²) in [5.41, 5.74) is 0. The summed E-state index contributed by atoms with van der Waals surface area (Å²) in [5, 5.41) is 0. The minimum absolute atomic E-state index is 0.00997. The molecule has 266 valence electrons. The first kappa shape index (κ1) is 62.9. The van der Waals surface area contributed by atoms with Crippen LogP contribution in [0.4, 0.5) is 0 Å². The van der Waals surface area contributed by atoms with Crippen LogP contribution in [-0.4, -0.2) is 0 Å². The Balaban J connectivity index is 8.28. The highest BCUT2D eigenvalue weighted by Crippen LogP contribution is 3.40. The lowest BCUT2D eigenvalue weighted by Crippen LogP contribution is -1.65. The average Bonchev–Trinajstić information content (AvgIpc) is 2.82. The van der Waals surface area contributed by atoms with Crippen LogP contribution in [-0.2, 0) is 0 Å². The molecule has 0 amide bonds. The van der Waals surface area contributed by atoms with Crippen LogP contribution in [0.1, 0.15) is 0 Å². The Labute approximate surface area is 347 Å². The van der Waals surface area contributed by atoms with E-state index in [1.807, 2.05) is 0 Å². The molecule has 27 unspecified atom stereocenters. The lowest BCUT2D eigenvalue weighted by molar-refractivity contribution is 4.41. The van der Waals surface area contributed by atoms with Gasteiger partial charge in [0.2, 0.25) is 0 Å². The van der Waals surface area contributed by atoms with Crippen molar-refractivity contribution in [3.63, 3.8) is 0 Å². The van der Waals surface area contributed by atoms with Gasteiger partial charge in [-0.3, -0.25) is 0 Å². The summed E-state index contributed by atoms with van der Waals surface area (Å²) in [4.78, 5) is 0. The van der Waals surface area contributed by atoms with E-state index in [2.05, 4.69) is 196 Å². The van der Waals surface area contributed by atoms with E-state index in [9.17, 15) is 0 Å². The van der Waals surface area contributed by atoms with Crippen LogP contribution in [0.25, 0.3) is 0 Å². The van der Waals surface area contributed by atoms with E-state index >= 15 is 0 Å². The predicted molar refractivity (Wildman–Crippen MR) is 369 cm³/mol. The predicted octanol–water partition coefficient (Wildman–Crippen LogP) is 25.6. The Bertz CT molecular complexity index is 638. The van der Waals surface area contributed by atoms with E-state index in [4.69, 9.17) is 0 Å². The van der Waals surface area contributed by atoms with Gasteiger partial charge in [0.05, 0.1) is 0 Å². The topological polar surface area (TPSA) is 0 Å². The standard InChI is InChI=1S/H46P44/c1-23-35(22)43(40(29(10)11)30(12)13)37(44(41(31(14)15)32(16)17)42(33(18)19)34(20)21)24-36(38(25(2)3)26(4)5)39(27(6)7)28(8)9/h23-24H,1-22H2. The van der Waals surface area contributed by atoms with E-state index in [0.717, 1.165) is 7.96 Å². The molecule has 0 aromatic heterocycles.